The third kappa shape index (κ3) is 3.52. The smallest absolute Gasteiger partial charge is 0.251 e. The lowest BCUT2D eigenvalue weighted by atomic mass is 10.0. The first-order valence-corrected chi connectivity index (χ1v) is 8.27. The van der Waals surface area contributed by atoms with E-state index in [1.165, 1.54) is 0 Å². The van der Waals surface area contributed by atoms with Crippen LogP contribution in [-0.4, -0.2) is 65.4 Å². The second kappa shape index (κ2) is 6.66. The van der Waals surface area contributed by atoms with E-state index in [2.05, 4.69) is 15.2 Å². The summed E-state index contributed by atoms with van der Waals surface area (Å²) >= 11 is 0. The molecule has 0 aliphatic carbocycles. The van der Waals surface area contributed by atoms with Crippen LogP contribution in [0.5, 0.6) is 0 Å². The maximum absolute atomic E-state index is 12.3. The van der Waals surface area contributed by atoms with Crippen LogP contribution in [0.15, 0.2) is 18.3 Å². The Balaban J connectivity index is 1.51. The summed E-state index contributed by atoms with van der Waals surface area (Å²) in [6, 6.07) is 3.77. The topological polar surface area (TPSA) is 65.5 Å². The van der Waals surface area contributed by atoms with E-state index in [4.69, 9.17) is 0 Å². The average molecular weight is 316 g/mol. The van der Waals surface area contributed by atoms with Crippen molar-refractivity contribution in [2.75, 3.05) is 26.7 Å². The minimum atomic E-state index is -0.0365. The fraction of sp³-hybridized carbons (Fsp3) is 0.588. The highest BCUT2D eigenvalue weighted by Crippen LogP contribution is 2.21. The van der Waals surface area contributed by atoms with E-state index in [0.29, 0.717) is 5.56 Å². The van der Waals surface area contributed by atoms with Crippen molar-refractivity contribution in [3.05, 3.63) is 29.6 Å². The second-order valence-corrected chi connectivity index (χ2v) is 6.53. The van der Waals surface area contributed by atoms with Crippen LogP contribution < -0.4 is 5.32 Å². The standard InChI is InChI=1S/C17H24N4O2/c1-12-11-13(3-7-18-12)16(22)19-14-4-9-21(10-5-14)15-6-8-20(2)17(15)23/h3,7,11,14-15H,4-6,8-10H2,1-2H3,(H,19,22)/t15-/m0/s1. The van der Waals surface area contributed by atoms with Gasteiger partial charge in [-0.2, -0.15) is 0 Å². The molecule has 1 aromatic heterocycles. The Labute approximate surface area is 136 Å². The third-order valence-electron chi connectivity index (χ3n) is 4.86. The normalized spacial score (nSPS) is 23.3. The molecule has 6 nitrogen and oxygen atoms in total. The van der Waals surface area contributed by atoms with Crippen LogP contribution in [0.4, 0.5) is 0 Å². The third-order valence-corrected chi connectivity index (χ3v) is 4.86. The number of carbonyl (C=O) groups is 2. The molecule has 1 atom stereocenters. The quantitative estimate of drug-likeness (QED) is 0.896. The average Bonchev–Trinajstić information content (AvgIpc) is 2.88. The van der Waals surface area contributed by atoms with Gasteiger partial charge >= 0.3 is 0 Å². The zero-order valence-electron chi connectivity index (χ0n) is 13.8. The minimum Gasteiger partial charge on any atom is -0.349 e. The van der Waals surface area contributed by atoms with E-state index >= 15 is 0 Å². The van der Waals surface area contributed by atoms with Gasteiger partial charge in [-0.05, 0) is 38.3 Å². The Kier molecular flexibility index (Phi) is 4.61. The number of hydrogen-bond donors (Lipinski definition) is 1. The van der Waals surface area contributed by atoms with Crippen LogP contribution in [-0.2, 0) is 4.79 Å². The molecule has 2 fully saturated rings. The van der Waals surface area contributed by atoms with Crippen molar-refractivity contribution in [2.24, 2.45) is 0 Å². The lowest BCUT2D eigenvalue weighted by Gasteiger charge is -2.35. The number of aryl methyl sites for hydroxylation is 1. The molecule has 6 heteroatoms. The summed E-state index contributed by atoms with van der Waals surface area (Å²) in [6.45, 7) is 4.46. The number of likely N-dealkylation sites (tertiary alicyclic amines) is 2. The number of piperidine rings is 1. The van der Waals surface area contributed by atoms with Crippen LogP contribution in [0.1, 0.15) is 35.3 Å². The maximum atomic E-state index is 12.3. The zero-order chi connectivity index (χ0) is 16.4. The molecule has 0 spiro atoms. The SMILES string of the molecule is Cc1cc(C(=O)NC2CCN([C@H]3CCN(C)C3=O)CC2)ccn1. The van der Waals surface area contributed by atoms with Crippen molar-refractivity contribution < 1.29 is 9.59 Å². The highest BCUT2D eigenvalue weighted by Gasteiger charge is 2.35. The van der Waals surface area contributed by atoms with Crippen molar-refractivity contribution >= 4 is 11.8 Å². The first-order chi connectivity index (χ1) is 11.0. The van der Waals surface area contributed by atoms with Crippen molar-refractivity contribution in [1.29, 1.82) is 0 Å². The van der Waals surface area contributed by atoms with E-state index in [9.17, 15) is 9.59 Å². The molecule has 3 rings (SSSR count). The molecule has 1 aromatic rings. The van der Waals surface area contributed by atoms with Gasteiger partial charge in [0.2, 0.25) is 5.91 Å². The molecule has 1 N–H and O–H groups in total. The molecule has 2 saturated heterocycles. The van der Waals surface area contributed by atoms with Gasteiger partial charge in [-0.1, -0.05) is 0 Å². The van der Waals surface area contributed by atoms with Gasteiger partial charge < -0.3 is 10.2 Å². The predicted octanol–water partition coefficient (Wildman–Crippen LogP) is 0.815. The summed E-state index contributed by atoms with van der Waals surface area (Å²) < 4.78 is 0. The van der Waals surface area contributed by atoms with E-state index in [-0.39, 0.29) is 23.9 Å². The molecule has 2 aliphatic heterocycles. The summed E-state index contributed by atoms with van der Waals surface area (Å²) in [6.07, 6.45) is 4.37. The highest BCUT2D eigenvalue weighted by molar-refractivity contribution is 5.94. The second-order valence-electron chi connectivity index (χ2n) is 6.53. The van der Waals surface area contributed by atoms with Crippen molar-refractivity contribution in [2.45, 2.75) is 38.3 Å². The summed E-state index contributed by atoms with van der Waals surface area (Å²) in [5, 5.41) is 3.10. The molecule has 23 heavy (non-hydrogen) atoms. The Morgan fingerprint density at radius 2 is 2.00 bits per heavy atom. The number of pyridine rings is 1. The predicted molar refractivity (Wildman–Crippen MR) is 87.1 cm³/mol. The molecule has 3 heterocycles. The molecule has 0 radical (unpaired) electrons. The Hall–Kier alpha value is -1.95. The van der Waals surface area contributed by atoms with Crippen molar-refractivity contribution in [1.82, 2.24) is 20.1 Å². The number of likely N-dealkylation sites (N-methyl/N-ethyl adjacent to an activating group) is 1. The van der Waals surface area contributed by atoms with Gasteiger partial charge in [-0.25, -0.2) is 0 Å². The van der Waals surface area contributed by atoms with Gasteiger partial charge in [-0.15, -0.1) is 0 Å². The fourth-order valence-corrected chi connectivity index (χ4v) is 3.45. The summed E-state index contributed by atoms with van der Waals surface area (Å²) in [4.78, 5) is 32.6. The van der Waals surface area contributed by atoms with E-state index < -0.39 is 0 Å². The van der Waals surface area contributed by atoms with Crippen molar-refractivity contribution in [3.8, 4) is 0 Å². The summed E-state index contributed by atoms with van der Waals surface area (Å²) in [5.41, 5.74) is 1.50. The van der Waals surface area contributed by atoms with Gasteiger partial charge in [0, 0.05) is 50.2 Å². The summed E-state index contributed by atoms with van der Waals surface area (Å²) in [7, 11) is 1.87. The van der Waals surface area contributed by atoms with Gasteiger partial charge in [0.1, 0.15) is 0 Å². The monoisotopic (exact) mass is 316 g/mol. The molecule has 124 valence electrons. The van der Waals surface area contributed by atoms with Crippen molar-refractivity contribution in [3.63, 3.8) is 0 Å². The Morgan fingerprint density at radius 1 is 1.26 bits per heavy atom. The largest absolute Gasteiger partial charge is 0.349 e. The summed E-state index contributed by atoms with van der Waals surface area (Å²) in [5.74, 6) is 0.199. The minimum absolute atomic E-state index is 0.0365. The molecule has 0 aromatic carbocycles. The Bertz CT molecular complexity index is 596. The van der Waals surface area contributed by atoms with Gasteiger partial charge in [0.05, 0.1) is 6.04 Å². The Morgan fingerprint density at radius 3 is 2.61 bits per heavy atom. The van der Waals surface area contributed by atoms with Gasteiger partial charge in [0.25, 0.3) is 5.91 Å². The number of hydrogen-bond acceptors (Lipinski definition) is 4. The van der Waals surface area contributed by atoms with E-state index in [1.807, 2.05) is 18.9 Å². The van der Waals surface area contributed by atoms with Crippen LogP contribution >= 0.6 is 0 Å². The molecule has 2 aliphatic rings. The number of nitrogens with one attached hydrogen (secondary N) is 1. The molecular formula is C17H24N4O2. The maximum Gasteiger partial charge on any atom is 0.251 e. The molecule has 0 bridgehead atoms. The number of amides is 2. The number of aromatic nitrogens is 1. The number of nitrogens with zero attached hydrogens (tertiary/aromatic N) is 3. The molecule has 2 amide bonds. The van der Waals surface area contributed by atoms with Crippen LogP contribution in [0, 0.1) is 6.92 Å². The number of carbonyl (C=O) groups excluding carboxylic acids is 2. The number of rotatable bonds is 3. The van der Waals surface area contributed by atoms with E-state index in [0.717, 1.165) is 44.6 Å². The van der Waals surface area contributed by atoms with E-state index in [1.54, 1.807) is 18.3 Å². The van der Waals surface area contributed by atoms with Crippen LogP contribution in [0.25, 0.3) is 0 Å². The first-order valence-electron chi connectivity index (χ1n) is 8.27. The first kappa shape index (κ1) is 15.9. The molecule has 0 saturated carbocycles. The molecule has 0 unspecified atom stereocenters. The lowest BCUT2D eigenvalue weighted by molar-refractivity contribution is -0.131. The van der Waals surface area contributed by atoms with Gasteiger partial charge in [0.15, 0.2) is 0 Å². The highest BCUT2D eigenvalue weighted by atomic mass is 16.2. The lowest BCUT2D eigenvalue weighted by Crippen LogP contribution is -2.50. The fourth-order valence-electron chi connectivity index (χ4n) is 3.45. The zero-order valence-corrected chi connectivity index (χ0v) is 13.8. The van der Waals surface area contributed by atoms with Crippen LogP contribution in [0.3, 0.4) is 0 Å². The van der Waals surface area contributed by atoms with Crippen LogP contribution in [0.2, 0.25) is 0 Å². The van der Waals surface area contributed by atoms with Gasteiger partial charge in [-0.3, -0.25) is 19.5 Å². The molecular weight excluding hydrogens is 292 g/mol.